The van der Waals surface area contributed by atoms with E-state index in [9.17, 15) is 0 Å². The molecule has 7 aromatic rings. The number of benzene rings is 4. The minimum atomic E-state index is 0. The van der Waals surface area contributed by atoms with Crippen LogP contribution >= 0.6 is 0 Å². The number of para-hydroxylation sites is 1. The molecule has 0 N–H and O–H groups in total. The SMILES string of the molecule is CCc1cc(-c2[c-]cccc2)ncc1-c1ccccc1.Cc1ccc(-c2[c-]cc3c4ccccc4n(CC(C)C)c3c2)nc1.[Ir]. The predicted molar refractivity (Wildman–Crippen MR) is 184 cm³/mol. The van der Waals surface area contributed by atoms with E-state index in [1.54, 1.807) is 0 Å². The number of fused-ring (bicyclic) bond motifs is 3. The molecule has 0 saturated carbocycles. The van der Waals surface area contributed by atoms with Gasteiger partial charge in [0.15, 0.2) is 0 Å². The molecule has 0 aliphatic heterocycles. The van der Waals surface area contributed by atoms with E-state index in [-0.39, 0.29) is 20.1 Å². The van der Waals surface area contributed by atoms with Crippen molar-refractivity contribution in [1.82, 2.24) is 14.5 Å². The first-order valence-corrected chi connectivity index (χ1v) is 15.4. The molecule has 0 bridgehead atoms. The van der Waals surface area contributed by atoms with Crippen LogP contribution in [0.4, 0.5) is 0 Å². The second-order valence-electron chi connectivity index (χ2n) is 11.6. The molecule has 0 atom stereocenters. The van der Waals surface area contributed by atoms with Crippen molar-refractivity contribution in [2.75, 3.05) is 0 Å². The molecule has 0 fully saturated rings. The van der Waals surface area contributed by atoms with Crippen LogP contribution in [0.3, 0.4) is 0 Å². The van der Waals surface area contributed by atoms with Crippen molar-refractivity contribution < 1.29 is 20.1 Å². The number of aryl methyl sites for hydroxylation is 2. The van der Waals surface area contributed by atoms with Crippen LogP contribution in [0, 0.1) is 25.0 Å². The minimum Gasteiger partial charge on any atom is -0.358 e. The summed E-state index contributed by atoms with van der Waals surface area (Å²) in [4.78, 5) is 9.16. The van der Waals surface area contributed by atoms with Gasteiger partial charge < -0.3 is 14.5 Å². The Morgan fingerprint density at radius 1 is 0.711 bits per heavy atom. The Morgan fingerprint density at radius 3 is 2.18 bits per heavy atom. The summed E-state index contributed by atoms with van der Waals surface area (Å²) in [7, 11) is 0. The summed E-state index contributed by atoms with van der Waals surface area (Å²) in [6, 6.07) is 44.4. The van der Waals surface area contributed by atoms with Crippen LogP contribution in [-0.4, -0.2) is 14.5 Å². The zero-order valence-corrected chi connectivity index (χ0v) is 28.6. The quantitative estimate of drug-likeness (QED) is 0.158. The molecule has 0 aliphatic carbocycles. The van der Waals surface area contributed by atoms with Crippen molar-refractivity contribution in [3.05, 3.63) is 145 Å². The summed E-state index contributed by atoms with van der Waals surface area (Å²) in [6.07, 6.45) is 4.88. The number of hydrogen-bond donors (Lipinski definition) is 0. The molecule has 0 aliphatic rings. The first-order valence-electron chi connectivity index (χ1n) is 15.4. The number of hydrogen-bond acceptors (Lipinski definition) is 2. The fraction of sp³-hybridized carbons (Fsp3) is 0.171. The molecule has 0 saturated heterocycles. The normalized spacial score (nSPS) is 10.9. The maximum absolute atomic E-state index is 4.60. The zero-order valence-electron chi connectivity index (χ0n) is 26.2. The summed E-state index contributed by atoms with van der Waals surface area (Å²) in [6.45, 7) is 9.77. The molecule has 0 unspecified atom stereocenters. The Hall–Kier alpha value is -4.37. The first-order chi connectivity index (χ1) is 21.5. The molecule has 4 aromatic carbocycles. The molecule has 0 amide bonds. The van der Waals surface area contributed by atoms with E-state index in [1.165, 1.54) is 44.1 Å². The van der Waals surface area contributed by atoms with Crippen LogP contribution in [0.1, 0.15) is 31.9 Å². The van der Waals surface area contributed by atoms with Gasteiger partial charge in [0.25, 0.3) is 0 Å². The van der Waals surface area contributed by atoms with Gasteiger partial charge in [-0.2, -0.15) is 0 Å². The molecule has 3 heterocycles. The van der Waals surface area contributed by atoms with E-state index in [4.69, 9.17) is 0 Å². The Labute approximate surface area is 280 Å². The average Bonchev–Trinajstić information content (AvgIpc) is 3.38. The summed E-state index contributed by atoms with van der Waals surface area (Å²) in [5.74, 6) is 0.592. The Kier molecular flexibility index (Phi) is 10.4. The summed E-state index contributed by atoms with van der Waals surface area (Å²) in [5.41, 5.74) is 11.5. The van der Waals surface area contributed by atoms with E-state index >= 15 is 0 Å². The van der Waals surface area contributed by atoms with Gasteiger partial charge in [0.05, 0.1) is 0 Å². The van der Waals surface area contributed by atoms with Crippen LogP contribution in [0.2, 0.25) is 0 Å². The first kappa shape index (κ1) is 32.0. The van der Waals surface area contributed by atoms with E-state index in [1.807, 2.05) is 42.7 Å². The zero-order chi connectivity index (χ0) is 30.5. The smallest absolute Gasteiger partial charge is 0.0383 e. The molecular formula is C41H37IrN3-2. The third-order valence-electron chi connectivity index (χ3n) is 7.88. The van der Waals surface area contributed by atoms with Gasteiger partial charge in [-0.05, 0) is 64.3 Å². The van der Waals surface area contributed by atoms with Crippen LogP contribution < -0.4 is 0 Å². The maximum atomic E-state index is 4.60. The Balaban J connectivity index is 0.000000177. The average molecular weight is 764 g/mol. The summed E-state index contributed by atoms with van der Waals surface area (Å²) >= 11 is 0. The maximum Gasteiger partial charge on any atom is 0.0383 e. The van der Waals surface area contributed by atoms with E-state index in [2.05, 4.69) is 133 Å². The van der Waals surface area contributed by atoms with Gasteiger partial charge in [-0.25, -0.2) is 0 Å². The third kappa shape index (κ3) is 7.14. The third-order valence-corrected chi connectivity index (χ3v) is 7.88. The molecule has 0 spiro atoms. The molecule has 1 radical (unpaired) electrons. The fourth-order valence-corrected chi connectivity index (χ4v) is 5.69. The van der Waals surface area contributed by atoms with Gasteiger partial charge in [-0.15, -0.1) is 59.7 Å². The van der Waals surface area contributed by atoms with E-state index in [0.29, 0.717) is 5.92 Å². The topological polar surface area (TPSA) is 30.7 Å². The second-order valence-corrected chi connectivity index (χ2v) is 11.6. The molecular weight excluding hydrogens is 727 g/mol. The molecule has 3 nitrogen and oxygen atoms in total. The molecule has 227 valence electrons. The van der Waals surface area contributed by atoms with E-state index < -0.39 is 0 Å². The van der Waals surface area contributed by atoms with Crippen LogP contribution in [-0.2, 0) is 33.1 Å². The van der Waals surface area contributed by atoms with Crippen molar-refractivity contribution in [2.45, 2.75) is 40.7 Å². The number of nitrogens with zero attached hydrogens (tertiary/aromatic N) is 3. The predicted octanol–water partition coefficient (Wildman–Crippen LogP) is 10.4. The summed E-state index contributed by atoms with van der Waals surface area (Å²) in [5, 5.41) is 2.56. The van der Waals surface area contributed by atoms with Gasteiger partial charge >= 0.3 is 0 Å². The van der Waals surface area contributed by atoms with E-state index in [0.717, 1.165) is 35.5 Å². The molecule has 45 heavy (non-hydrogen) atoms. The molecule has 4 heteroatoms. The standard InChI is InChI=1S/C22H21N2.C19H16N.Ir/c1-15(2)14-24-21-7-5-4-6-18(21)19-10-9-17(12-22(19)24)20-11-8-16(3)13-23-20;1-2-15-13-19(17-11-7-4-8-12-17)20-14-18(15)16-9-5-3-6-10-16;/h4-8,10-13,15H,14H2,1-3H3;3-11,13-14H,2H2,1H3;/q2*-1;. The Morgan fingerprint density at radius 2 is 1.47 bits per heavy atom. The van der Waals surface area contributed by atoms with Gasteiger partial charge in [-0.1, -0.05) is 92.9 Å². The fourth-order valence-electron chi connectivity index (χ4n) is 5.69. The van der Waals surface area contributed by atoms with Gasteiger partial charge in [0.1, 0.15) is 0 Å². The van der Waals surface area contributed by atoms with Crippen molar-refractivity contribution >= 4 is 21.8 Å². The van der Waals surface area contributed by atoms with Crippen LogP contribution in [0.15, 0.2) is 122 Å². The largest absolute Gasteiger partial charge is 0.358 e. The summed E-state index contributed by atoms with van der Waals surface area (Å²) < 4.78 is 2.43. The molecule has 3 aromatic heterocycles. The number of aromatic nitrogens is 3. The number of rotatable bonds is 6. The van der Waals surface area contributed by atoms with Crippen LogP contribution in [0.25, 0.3) is 55.4 Å². The van der Waals surface area contributed by atoms with Crippen molar-refractivity contribution in [1.29, 1.82) is 0 Å². The van der Waals surface area contributed by atoms with Gasteiger partial charge in [0, 0.05) is 50.1 Å². The molecule has 7 rings (SSSR count). The van der Waals surface area contributed by atoms with Crippen molar-refractivity contribution in [2.24, 2.45) is 5.92 Å². The van der Waals surface area contributed by atoms with Crippen LogP contribution in [0.5, 0.6) is 0 Å². The second kappa shape index (κ2) is 14.6. The van der Waals surface area contributed by atoms with Gasteiger partial charge in [0.2, 0.25) is 0 Å². The van der Waals surface area contributed by atoms with Gasteiger partial charge in [-0.3, -0.25) is 0 Å². The Bertz CT molecular complexity index is 1990. The number of pyridine rings is 2. The minimum absolute atomic E-state index is 0. The van der Waals surface area contributed by atoms with Crippen molar-refractivity contribution in [3.8, 4) is 33.6 Å². The van der Waals surface area contributed by atoms with Crippen molar-refractivity contribution in [3.63, 3.8) is 0 Å². The monoisotopic (exact) mass is 764 g/mol.